The number of likely N-dealkylation sites (N-methyl/N-ethyl adjacent to an activating group) is 1. The molecule has 7 aromatic rings. The summed E-state index contributed by atoms with van der Waals surface area (Å²) >= 11 is 1.73. The van der Waals surface area contributed by atoms with Crippen LogP contribution in [0, 0.1) is 13.8 Å². The Bertz CT molecular complexity index is 2780. The topological polar surface area (TPSA) is 214 Å². The second kappa shape index (κ2) is 24.2. The molecule has 0 spiro atoms. The Hall–Kier alpha value is -7.01. The van der Waals surface area contributed by atoms with Gasteiger partial charge in [0.15, 0.2) is 34.6 Å². The fraction of sp³-hybridized carbons (Fsp3) is 0.449. The Kier molecular flexibility index (Phi) is 17.2. The molecule has 1 amide bonds. The minimum Gasteiger partial charge on any atom is -0.493 e. The Balaban J connectivity index is 0.000000191. The molecule has 3 unspecified atom stereocenters. The molecule has 5 aromatic heterocycles. The normalized spacial score (nSPS) is 15.8. The van der Waals surface area contributed by atoms with E-state index in [1.807, 2.05) is 38.2 Å². The van der Waals surface area contributed by atoms with Crippen molar-refractivity contribution in [1.29, 1.82) is 0 Å². The largest absolute Gasteiger partial charge is 0.493 e. The smallest absolute Gasteiger partial charge is 0.255 e. The quantitative estimate of drug-likeness (QED) is 0.0932. The number of carbonyl (C=O) groups excluding carboxylic acids is 1. The number of fused-ring (bicyclic) bond motifs is 1. The third kappa shape index (κ3) is 13.4. The minimum atomic E-state index is -0.319. The molecular formula is C49H62N16O5S. The highest BCUT2D eigenvalue weighted by atomic mass is 32.1. The monoisotopic (exact) mass is 986 g/mol. The third-order valence-electron chi connectivity index (χ3n) is 12.3. The van der Waals surface area contributed by atoms with E-state index in [0.717, 1.165) is 93.7 Å². The van der Waals surface area contributed by atoms with Gasteiger partial charge in [-0.25, -0.2) is 24.9 Å². The van der Waals surface area contributed by atoms with Crippen LogP contribution >= 0.6 is 11.3 Å². The summed E-state index contributed by atoms with van der Waals surface area (Å²) in [6, 6.07) is 11.9. The molecule has 3 atom stereocenters. The van der Waals surface area contributed by atoms with Gasteiger partial charge >= 0.3 is 0 Å². The van der Waals surface area contributed by atoms with Crippen molar-refractivity contribution in [2.45, 2.75) is 76.9 Å². The lowest BCUT2D eigenvalue weighted by molar-refractivity contribution is -0.129. The van der Waals surface area contributed by atoms with Gasteiger partial charge in [0.1, 0.15) is 30.6 Å². The van der Waals surface area contributed by atoms with Gasteiger partial charge in [0, 0.05) is 70.0 Å². The molecule has 0 aliphatic carbocycles. The zero-order valence-corrected chi connectivity index (χ0v) is 42.2. The first-order valence-electron chi connectivity index (χ1n) is 23.7. The number of aromatic nitrogens is 12. The molecule has 0 radical (unpaired) electrons. The van der Waals surface area contributed by atoms with E-state index in [4.69, 9.17) is 28.9 Å². The van der Waals surface area contributed by atoms with Crippen LogP contribution < -0.4 is 24.3 Å². The highest BCUT2D eigenvalue weighted by Crippen LogP contribution is 2.39. The third-order valence-corrected chi connectivity index (χ3v) is 13.2. The molecule has 9 rings (SSSR count). The molecule has 374 valence electrons. The number of ether oxygens (including phenoxy) is 4. The summed E-state index contributed by atoms with van der Waals surface area (Å²) in [5.41, 5.74) is 2.39. The number of amides is 1. The van der Waals surface area contributed by atoms with E-state index in [1.54, 1.807) is 78.8 Å². The molecule has 0 bridgehead atoms. The summed E-state index contributed by atoms with van der Waals surface area (Å²) in [6.45, 7) is 8.34. The molecule has 21 nitrogen and oxygen atoms in total. The number of nitrogens with zero attached hydrogens (tertiary/aromatic N) is 15. The first kappa shape index (κ1) is 50.4. The van der Waals surface area contributed by atoms with Crippen molar-refractivity contribution in [3.05, 3.63) is 119 Å². The molecule has 1 saturated heterocycles. The van der Waals surface area contributed by atoms with Crippen LogP contribution in [0.2, 0.25) is 0 Å². The van der Waals surface area contributed by atoms with Crippen LogP contribution in [0.25, 0.3) is 11.9 Å². The summed E-state index contributed by atoms with van der Waals surface area (Å²) in [4.78, 5) is 59.3. The lowest BCUT2D eigenvalue weighted by atomic mass is 9.90. The van der Waals surface area contributed by atoms with Crippen LogP contribution in [0.3, 0.4) is 0 Å². The number of thiazole rings is 1. The number of hydrogen-bond acceptors (Lipinski definition) is 19. The Morgan fingerprint density at radius 2 is 1.70 bits per heavy atom. The average Bonchev–Trinajstić information content (AvgIpc) is 4.24. The Labute approximate surface area is 417 Å². The van der Waals surface area contributed by atoms with Crippen molar-refractivity contribution in [2.75, 3.05) is 68.3 Å². The number of nitrogens with one attached hydrogen (secondary N) is 1. The number of methoxy groups -OCH3 is 2. The summed E-state index contributed by atoms with van der Waals surface area (Å²) in [7, 11) is 8.92. The molecule has 1 N–H and O–H groups in total. The van der Waals surface area contributed by atoms with Gasteiger partial charge in [0.05, 0.1) is 31.3 Å². The number of unbranched alkanes of at least 4 members (excludes halogenated alkanes) is 1. The van der Waals surface area contributed by atoms with E-state index < -0.39 is 0 Å². The van der Waals surface area contributed by atoms with Gasteiger partial charge in [0.25, 0.3) is 5.95 Å². The van der Waals surface area contributed by atoms with Crippen LogP contribution in [0.15, 0.2) is 79.4 Å². The number of aryl methyl sites for hydroxylation is 3. The van der Waals surface area contributed by atoms with Crippen LogP contribution in [0.4, 0.5) is 0 Å². The number of benzene rings is 2. The predicted octanol–water partition coefficient (Wildman–Crippen LogP) is 5.51. The van der Waals surface area contributed by atoms with E-state index >= 15 is 0 Å². The summed E-state index contributed by atoms with van der Waals surface area (Å²) in [6.07, 6.45) is 15.1. The van der Waals surface area contributed by atoms with Crippen molar-refractivity contribution in [2.24, 2.45) is 0 Å². The van der Waals surface area contributed by atoms with Crippen LogP contribution in [0.5, 0.6) is 23.0 Å². The number of carbonyl (C=O) groups is 1. The Morgan fingerprint density at radius 1 is 0.887 bits per heavy atom. The zero-order valence-electron chi connectivity index (χ0n) is 41.4. The maximum Gasteiger partial charge on any atom is 0.255 e. The van der Waals surface area contributed by atoms with Crippen molar-refractivity contribution in [3.8, 4) is 34.9 Å². The fourth-order valence-electron chi connectivity index (χ4n) is 8.51. The molecule has 7 heterocycles. The van der Waals surface area contributed by atoms with Crippen LogP contribution in [-0.2, 0) is 17.8 Å². The van der Waals surface area contributed by atoms with E-state index in [9.17, 15) is 4.79 Å². The number of likely N-dealkylation sites (tertiary alicyclic amines) is 1. The van der Waals surface area contributed by atoms with Gasteiger partial charge in [-0.3, -0.25) is 14.3 Å². The lowest BCUT2D eigenvalue weighted by Crippen LogP contribution is -2.41. The van der Waals surface area contributed by atoms with E-state index in [2.05, 4.69) is 85.7 Å². The van der Waals surface area contributed by atoms with Gasteiger partial charge in [-0.2, -0.15) is 29.7 Å². The molecular weight excluding hydrogens is 925 g/mol. The number of piperidine rings is 1. The highest BCUT2D eigenvalue weighted by Gasteiger charge is 2.34. The molecule has 2 aliphatic rings. The fourth-order valence-corrected chi connectivity index (χ4v) is 9.30. The first-order chi connectivity index (χ1) is 34.5. The minimum absolute atomic E-state index is 0.00470. The first-order valence-corrected chi connectivity index (χ1v) is 24.5. The lowest BCUT2D eigenvalue weighted by Gasteiger charge is -2.38. The van der Waals surface area contributed by atoms with Gasteiger partial charge in [-0.05, 0) is 101 Å². The van der Waals surface area contributed by atoms with Crippen LogP contribution in [-0.4, -0.2) is 148 Å². The summed E-state index contributed by atoms with van der Waals surface area (Å²) in [5, 5.41) is 10.9. The number of imidazole rings is 1. The van der Waals surface area contributed by atoms with Gasteiger partial charge in [-0.15, -0.1) is 11.3 Å². The number of rotatable bonds is 20. The summed E-state index contributed by atoms with van der Waals surface area (Å²) < 4.78 is 25.0. The van der Waals surface area contributed by atoms with Gasteiger partial charge in [0.2, 0.25) is 18.6 Å². The Morgan fingerprint density at radius 3 is 2.46 bits per heavy atom. The predicted molar refractivity (Wildman–Crippen MR) is 265 cm³/mol. The van der Waals surface area contributed by atoms with Gasteiger partial charge < -0.3 is 34.1 Å². The van der Waals surface area contributed by atoms with E-state index in [1.165, 1.54) is 22.5 Å². The molecule has 0 saturated carbocycles. The second-order valence-corrected chi connectivity index (χ2v) is 18.5. The van der Waals surface area contributed by atoms with Crippen molar-refractivity contribution in [3.63, 3.8) is 0 Å². The molecule has 1 fully saturated rings. The average molecular weight is 987 g/mol. The zero-order chi connectivity index (χ0) is 49.7. The summed E-state index contributed by atoms with van der Waals surface area (Å²) in [5.74, 6) is 7.06. The second-order valence-electron chi connectivity index (χ2n) is 17.6. The maximum absolute atomic E-state index is 12.5. The molecule has 71 heavy (non-hydrogen) atoms. The molecule has 2 aliphatic heterocycles. The van der Waals surface area contributed by atoms with E-state index in [0.29, 0.717) is 42.1 Å². The van der Waals surface area contributed by atoms with Crippen molar-refractivity contribution >= 4 is 17.2 Å². The highest BCUT2D eigenvalue weighted by molar-refractivity contribution is 7.09. The van der Waals surface area contributed by atoms with E-state index in [-0.39, 0.29) is 24.4 Å². The van der Waals surface area contributed by atoms with Crippen molar-refractivity contribution < 1.29 is 23.7 Å². The molecule has 2 aromatic carbocycles. The van der Waals surface area contributed by atoms with Crippen molar-refractivity contribution in [1.82, 2.24) is 79.2 Å². The van der Waals surface area contributed by atoms with Crippen LogP contribution in [0.1, 0.15) is 89.5 Å². The standard InChI is InChI=1S/C25H29N9O2S.C24H33N7O3/c1-17-29-23(31-25(30-17)34-15-26-14-28-34)20-12-19(24-27-6-10-37-24)5-7-33(20)9-8-32(2)13-18-3-4-21-22(11-18)36-16-35-21;1-17-27-23(29-24(28-17)31-13-12-25-16-31)19(15-22(32)30(2)3)26-11-7-6-8-18-9-10-20(33-4)21(14-18)34-5/h3-4,6,10-11,14-15,19-20H,5,7-9,12-13,16H2,1-2H3;9-10,12-14,16,19,26H,6-8,11,15H2,1-5H3. The van der Waals surface area contributed by atoms with Gasteiger partial charge in [-0.1, -0.05) is 12.1 Å². The SMILES string of the molecule is COc1ccc(CCCCNC(CC(=O)N(C)C)c2nc(C)nc(-n3ccnc3)n2)cc1OC.Cc1nc(C2CC(c3nccs3)CCN2CCN(C)Cc2ccc3c(c2)OCO3)nc(-n2cncn2)n1. The maximum atomic E-state index is 12.5. The molecule has 22 heteroatoms. The number of hydrogen-bond donors (Lipinski definition) is 1.